The van der Waals surface area contributed by atoms with Crippen molar-refractivity contribution in [3.63, 3.8) is 0 Å². The van der Waals surface area contributed by atoms with E-state index in [1.165, 1.54) is 7.11 Å². The van der Waals surface area contributed by atoms with E-state index in [1.54, 1.807) is 16.4 Å². The number of sulfonamides is 1. The summed E-state index contributed by atoms with van der Waals surface area (Å²) >= 11 is 0. The van der Waals surface area contributed by atoms with Crippen molar-refractivity contribution in [1.29, 1.82) is 0 Å². The number of ether oxygens (including phenoxy) is 1. The first kappa shape index (κ1) is 16.3. The normalized spacial score (nSPS) is 15.4. The predicted molar refractivity (Wildman–Crippen MR) is 83.0 cm³/mol. The third-order valence-corrected chi connectivity index (χ3v) is 5.73. The van der Waals surface area contributed by atoms with Crippen molar-refractivity contribution in [3.05, 3.63) is 23.8 Å². The second kappa shape index (κ2) is 6.77. The molecule has 0 spiro atoms. The molecular weight excluding hydrogens is 288 g/mol. The monoisotopic (exact) mass is 312 g/mol. The molecule has 1 aliphatic carbocycles. The van der Waals surface area contributed by atoms with Gasteiger partial charge in [-0.1, -0.05) is 19.9 Å². The molecule has 2 rings (SSSR count). The number of hydrogen-bond acceptors (Lipinski definition) is 4. The van der Waals surface area contributed by atoms with E-state index in [1.807, 2.05) is 19.9 Å². The summed E-state index contributed by atoms with van der Waals surface area (Å²) in [5.41, 5.74) is 1.02. The second-order valence-corrected chi connectivity index (χ2v) is 7.06. The minimum atomic E-state index is -3.48. The molecule has 0 saturated heterocycles. The van der Waals surface area contributed by atoms with Crippen LogP contribution in [0.5, 0.6) is 5.75 Å². The van der Waals surface area contributed by atoms with Gasteiger partial charge in [0.05, 0.1) is 7.11 Å². The van der Waals surface area contributed by atoms with E-state index in [0.717, 1.165) is 24.9 Å². The number of rotatable bonds is 8. The Morgan fingerprint density at radius 1 is 1.33 bits per heavy atom. The maximum atomic E-state index is 12.8. The summed E-state index contributed by atoms with van der Waals surface area (Å²) in [6.45, 7) is 5.98. The van der Waals surface area contributed by atoms with Gasteiger partial charge in [-0.2, -0.15) is 4.31 Å². The molecule has 1 aliphatic rings. The SMILES string of the molecule is CCNCc1ccc(S(=O)(=O)N(CC)C2CC2)c(OC)c1. The molecule has 0 amide bonds. The molecule has 0 radical (unpaired) electrons. The molecule has 118 valence electrons. The number of nitrogens with one attached hydrogen (secondary N) is 1. The minimum absolute atomic E-state index is 0.158. The van der Waals surface area contributed by atoms with Crippen LogP contribution in [0.4, 0.5) is 0 Å². The Morgan fingerprint density at radius 2 is 2.05 bits per heavy atom. The summed E-state index contributed by atoms with van der Waals surface area (Å²) in [6.07, 6.45) is 1.90. The van der Waals surface area contributed by atoms with Gasteiger partial charge in [0, 0.05) is 19.1 Å². The van der Waals surface area contributed by atoms with Crippen molar-refractivity contribution in [3.8, 4) is 5.75 Å². The molecule has 0 atom stereocenters. The topological polar surface area (TPSA) is 58.6 Å². The highest BCUT2D eigenvalue weighted by molar-refractivity contribution is 7.89. The molecule has 0 aliphatic heterocycles. The molecule has 1 fully saturated rings. The maximum absolute atomic E-state index is 12.8. The molecule has 5 nitrogen and oxygen atoms in total. The van der Waals surface area contributed by atoms with Crippen LogP contribution in [-0.4, -0.2) is 39.0 Å². The third kappa shape index (κ3) is 3.56. The van der Waals surface area contributed by atoms with Crippen molar-refractivity contribution in [2.24, 2.45) is 0 Å². The smallest absolute Gasteiger partial charge is 0.246 e. The van der Waals surface area contributed by atoms with Gasteiger partial charge in [0.15, 0.2) is 0 Å². The van der Waals surface area contributed by atoms with Gasteiger partial charge in [-0.05, 0) is 37.1 Å². The van der Waals surface area contributed by atoms with E-state index >= 15 is 0 Å². The standard InChI is InChI=1S/C15H24N2O3S/c1-4-16-11-12-6-9-15(14(10-12)20-3)21(18,19)17(5-2)13-7-8-13/h6,9-10,13,16H,4-5,7-8,11H2,1-3H3. The zero-order valence-corrected chi connectivity index (χ0v) is 13.7. The quantitative estimate of drug-likeness (QED) is 0.797. The largest absolute Gasteiger partial charge is 0.495 e. The zero-order chi connectivity index (χ0) is 15.5. The summed E-state index contributed by atoms with van der Waals surface area (Å²) in [5.74, 6) is 0.421. The van der Waals surface area contributed by atoms with Crippen LogP contribution in [0, 0.1) is 0 Å². The van der Waals surface area contributed by atoms with Crippen LogP contribution >= 0.6 is 0 Å². The average Bonchev–Trinajstić information content (AvgIpc) is 3.29. The first-order valence-corrected chi connectivity index (χ1v) is 8.88. The first-order chi connectivity index (χ1) is 10.0. The highest BCUT2D eigenvalue weighted by Gasteiger charge is 2.38. The first-order valence-electron chi connectivity index (χ1n) is 7.44. The third-order valence-electron chi connectivity index (χ3n) is 3.66. The fourth-order valence-corrected chi connectivity index (χ4v) is 4.25. The Bertz CT molecular complexity index is 583. The Kier molecular flexibility index (Phi) is 5.24. The lowest BCUT2D eigenvalue weighted by Gasteiger charge is -2.21. The summed E-state index contributed by atoms with van der Waals surface area (Å²) < 4.78 is 32.5. The number of nitrogens with zero attached hydrogens (tertiary/aromatic N) is 1. The van der Waals surface area contributed by atoms with E-state index in [-0.39, 0.29) is 10.9 Å². The van der Waals surface area contributed by atoms with Crippen molar-refractivity contribution >= 4 is 10.0 Å². The summed E-state index contributed by atoms with van der Waals surface area (Å²) in [4.78, 5) is 0.263. The van der Waals surface area contributed by atoms with Gasteiger partial charge in [0.1, 0.15) is 10.6 Å². The lowest BCUT2D eigenvalue weighted by Crippen LogP contribution is -2.33. The van der Waals surface area contributed by atoms with Crippen molar-refractivity contribution < 1.29 is 13.2 Å². The van der Waals surface area contributed by atoms with Crippen LogP contribution < -0.4 is 10.1 Å². The van der Waals surface area contributed by atoms with E-state index < -0.39 is 10.0 Å². The zero-order valence-electron chi connectivity index (χ0n) is 12.9. The Balaban J connectivity index is 2.33. The van der Waals surface area contributed by atoms with Gasteiger partial charge in [-0.25, -0.2) is 8.42 Å². The van der Waals surface area contributed by atoms with Gasteiger partial charge < -0.3 is 10.1 Å². The fraction of sp³-hybridized carbons (Fsp3) is 0.600. The van der Waals surface area contributed by atoms with Gasteiger partial charge >= 0.3 is 0 Å². The highest BCUT2D eigenvalue weighted by Crippen LogP contribution is 2.35. The van der Waals surface area contributed by atoms with E-state index in [9.17, 15) is 8.42 Å². The number of methoxy groups -OCH3 is 1. The Hall–Kier alpha value is -1.11. The molecule has 1 saturated carbocycles. The van der Waals surface area contributed by atoms with E-state index in [2.05, 4.69) is 5.32 Å². The minimum Gasteiger partial charge on any atom is -0.495 e. The fourth-order valence-electron chi connectivity index (χ4n) is 2.42. The highest BCUT2D eigenvalue weighted by atomic mass is 32.2. The number of benzene rings is 1. The summed E-state index contributed by atoms with van der Waals surface area (Å²) in [6, 6.07) is 5.46. The molecule has 0 unspecified atom stereocenters. The van der Waals surface area contributed by atoms with Crippen LogP contribution in [0.2, 0.25) is 0 Å². The van der Waals surface area contributed by atoms with Crippen molar-refractivity contribution in [1.82, 2.24) is 9.62 Å². The van der Waals surface area contributed by atoms with Crippen LogP contribution in [0.3, 0.4) is 0 Å². The predicted octanol–water partition coefficient (Wildman–Crippen LogP) is 1.98. The van der Waals surface area contributed by atoms with Gasteiger partial charge in [0.25, 0.3) is 0 Å². The molecule has 21 heavy (non-hydrogen) atoms. The molecule has 0 bridgehead atoms. The van der Waals surface area contributed by atoms with Crippen LogP contribution in [-0.2, 0) is 16.6 Å². The van der Waals surface area contributed by atoms with Crippen LogP contribution in [0.25, 0.3) is 0 Å². The molecule has 6 heteroatoms. The lowest BCUT2D eigenvalue weighted by atomic mass is 10.2. The van der Waals surface area contributed by atoms with Crippen LogP contribution in [0.1, 0.15) is 32.3 Å². The average molecular weight is 312 g/mol. The molecule has 1 N–H and O–H groups in total. The summed E-state index contributed by atoms with van der Waals surface area (Å²) in [5, 5.41) is 3.22. The Morgan fingerprint density at radius 3 is 2.57 bits per heavy atom. The van der Waals surface area contributed by atoms with Crippen molar-refractivity contribution in [2.75, 3.05) is 20.2 Å². The Labute approximate surface area is 127 Å². The van der Waals surface area contributed by atoms with Gasteiger partial charge in [0.2, 0.25) is 10.0 Å². The second-order valence-electron chi connectivity index (χ2n) is 5.21. The summed E-state index contributed by atoms with van der Waals surface area (Å²) in [7, 11) is -1.97. The van der Waals surface area contributed by atoms with Gasteiger partial charge in [-0.3, -0.25) is 0 Å². The lowest BCUT2D eigenvalue weighted by molar-refractivity contribution is 0.390. The molecule has 0 heterocycles. The molecule has 1 aromatic carbocycles. The molecule has 1 aromatic rings. The number of hydrogen-bond donors (Lipinski definition) is 1. The molecular formula is C15H24N2O3S. The van der Waals surface area contributed by atoms with Crippen molar-refractivity contribution in [2.45, 2.75) is 44.2 Å². The van der Waals surface area contributed by atoms with E-state index in [4.69, 9.17) is 4.74 Å². The molecule has 0 aromatic heterocycles. The maximum Gasteiger partial charge on any atom is 0.246 e. The van der Waals surface area contributed by atoms with Gasteiger partial charge in [-0.15, -0.1) is 0 Å². The van der Waals surface area contributed by atoms with Crippen LogP contribution in [0.15, 0.2) is 23.1 Å². The van der Waals surface area contributed by atoms with E-state index in [0.29, 0.717) is 18.8 Å².